The van der Waals surface area contributed by atoms with Crippen LogP contribution in [0.4, 0.5) is 19.0 Å². The van der Waals surface area contributed by atoms with Gasteiger partial charge in [-0.2, -0.15) is 18.3 Å². The predicted molar refractivity (Wildman–Crippen MR) is 71.0 cm³/mol. The summed E-state index contributed by atoms with van der Waals surface area (Å²) in [4.78, 5) is 4.06. The van der Waals surface area contributed by atoms with Crippen molar-refractivity contribution in [3.8, 4) is 0 Å². The van der Waals surface area contributed by atoms with Crippen LogP contribution in [0.5, 0.6) is 0 Å². The second-order valence-electron chi connectivity index (χ2n) is 4.60. The summed E-state index contributed by atoms with van der Waals surface area (Å²) >= 11 is 5.64. The van der Waals surface area contributed by atoms with Crippen LogP contribution in [0.2, 0.25) is 0 Å². The van der Waals surface area contributed by atoms with Crippen molar-refractivity contribution >= 4 is 22.9 Å². The Hall–Kier alpha value is -1.50. The second-order valence-corrected chi connectivity index (χ2v) is 4.97. The van der Waals surface area contributed by atoms with E-state index in [1.807, 2.05) is 6.92 Å². The Morgan fingerprint density at radius 1 is 1.45 bits per heavy atom. The minimum atomic E-state index is -4.46. The third-order valence-corrected chi connectivity index (χ3v) is 3.12. The van der Waals surface area contributed by atoms with E-state index < -0.39 is 11.9 Å². The van der Waals surface area contributed by atoms with Crippen LogP contribution < -0.4 is 5.32 Å². The Morgan fingerprint density at radius 3 is 2.85 bits per heavy atom. The predicted octanol–water partition coefficient (Wildman–Crippen LogP) is 3.43. The fourth-order valence-electron chi connectivity index (χ4n) is 1.76. The molecule has 2 aromatic rings. The van der Waals surface area contributed by atoms with E-state index in [1.165, 1.54) is 16.9 Å². The van der Waals surface area contributed by atoms with E-state index in [4.69, 9.17) is 11.6 Å². The van der Waals surface area contributed by atoms with Crippen molar-refractivity contribution in [2.45, 2.75) is 19.5 Å². The largest absolute Gasteiger partial charge is 0.435 e. The van der Waals surface area contributed by atoms with Gasteiger partial charge in [0.25, 0.3) is 0 Å². The van der Waals surface area contributed by atoms with E-state index in [1.54, 1.807) is 0 Å². The van der Waals surface area contributed by atoms with Gasteiger partial charge in [0, 0.05) is 30.9 Å². The van der Waals surface area contributed by atoms with Gasteiger partial charge in [0.1, 0.15) is 5.52 Å². The molecule has 2 rings (SSSR count). The first kappa shape index (κ1) is 14.9. The van der Waals surface area contributed by atoms with Gasteiger partial charge in [-0.15, -0.1) is 11.6 Å². The van der Waals surface area contributed by atoms with Crippen LogP contribution in [0.15, 0.2) is 18.5 Å². The Morgan fingerprint density at radius 2 is 2.20 bits per heavy atom. The third kappa shape index (κ3) is 3.33. The molecule has 1 unspecified atom stereocenters. The van der Waals surface area contributed by atoms with Crippen molar-refractivity contribution in [3.05, 3.63) is 24.2 Å². The lowest BCUT2D eigenvalue weighted by molar-refractivity contribution is -0.141. The molecule has 1 N–H and O–H groups in total. The molecule has 0 bridgehead atoms. The summed E-state index contributed by atoms with van der Waals surface area (Å²) < 4.78 is 39.1. The van der Waals surface area contributed by atoms with Crippen LogP contribution in [-0.4, -0.2) is 27.0 Å². The zero-order valence-corrected chi connectivity index (χ0v) is 11.5. The number of nitrogens with zero attached hydrogens (tertiary/aromatic N) is 3. The minimum Gasteiger partial charge on any atom is -0.368 e. The van der Waals surface area contributed by atoms with Gasteiger partial charge in [0.2, 0.25) is 0 Å². The Balaban J connectivity index is 2.23. The zero-order chi connectivity index (χ0) is 14.8. The number of anilines is 1. The molecule has 0 aliphatic heterocycles. The molecule has 0 spiro atoms. The molecule has 0 aliphatic rings. The van der Waals surface area contributed by atoms with E-state index in [0.717, 1.165) is 12.5 Å². The lowest BCUT2D eigenvalue weighted by Crippen LogP contribution is -2.13. The fourth-order valence-corrected chi connectivity index (χ4v) is 2.13. The molecule has 0 aromatic carbocycles. The molecule has 20 heavy (non-hydrogen) atoms. The fraction of sp³-hybridized carbons (Fsp3) is 0.500. The number of nitrogens with one attached hydrogen (secondary N) is 1. The molecule has 4 nitrogen and oxygen atoms in total. The lowest BCUT2D eigenvalue weighted by atomic mass is 10.1. The molecular formula is C12H14ClF3N4. The minimum absolute atomic E-state index is 0.304. The summed E-state index contributed by atoms with van der Waals surface area (Å²) in [5.41, 5.74) is -0.625. The Labute approximate surface area is 118 Å². The maximum atomic E-state index is 12.6. The maximum absolute atomic E-state index is 12.6. The van der Waals surface area contributed by atoms with Gasteiger partial charge in [-0.25, -0.2) is 9.50 Å². The molecular weight excluding hydrogens is 293 g/mol. The van der Waals surface area contributed by atoms with Gasteiger partial charge in [0.05, 0.1) is 0 Å². The van der Waals surface area contributed by atoms with E-state index >= 15 is 0 Å². The van der Waals surface area contributed by atoms with E-state index in [2.05, 4.69) is 15.4 Å². The van der Waals surface area contributed by atoms with Gasteiger partial charge >= 0.3 is 6.18 Å². The average Bonchev–Trinajstić information content (AvgIpc) is 2.81. The SMILES string of the molecule is CC(CCCl)CNc1nccn2nc(C(F)(F)F)cc12. The van der Waals surface area contributed by atoms with Crippen molar-refractivity contribution < 1.29 is 13.2 Å². The van der Waals surface area contributed by atoms with Gasteiger partial charge in [0.15, 0.2) is 11.5 Å². The van der Waals surface area contributed by atoms with Gasteiger partial charge in [-0.1, -0.05) is 6.92 Å². The number of hydrogen-bond donors (Lipinski definition) is 1. The molecule has 0 radical (unpaired) electrons. The number of hydrogen-bond acceptors (Lipinski definition) is 3. The van der Waals surface area contributed by atoms with E-state index in [0.29, 0.717) is 29.7 Å². The van der Waals surface area contributed by atoms with Crippen LogP contribution in [0.1, 0.15) is 19.0 Å². The van der Waals surface area contributed by atoms with Gasteiger partial charge in [-0.05, 0) is 12.3 Å². The molecule has 8 heteroatoms. The summed E-state index contributed by atoms with van der Waals surface area (Å²) in [7, 11) is 0. The topological polar surface area (TPSA) is 42.2 Å². The summed E-state index contributed by atoms with van der Waals surface area (Å²) in [5, 5.41) is 6.54. The normalized spacial score (nSPS) is 13.7. The molecule has 2 aromatic heterocycles. The number of rotatable bonds is 5. The highest BCUT2D eigenvalue weighted by atomic mass is 35.5. The first-order chi connectivity index (χ1) is 9.41. The Kier molecular flexibility index (Phi) is 4.37. The molecule has 0 fully saturated rings. The van der Waals surface area contributed by atoms with Crippen LogP contribution in [0.3, 0.4) is 0 Å². The molecule has 0 saturated heterocycles. The number of halogens is 4. The quantitative estimate of drug-likeness (QED) is 0.861. The van der Waals surface area contributed by atoms with Crippen LogP contribution in [0, 0.1) is 5.92 Å². The first-order valence-electron chi connectivity index (χ1n) is 6.13. The van der Waals surface area contributed by atoms with E-state index in [-0.39, 0.29) is 0 Å². The zero-order valence-electron chi connectivity index (χ0n) is 10.8. The molecule has 110 valence electrons. The summed E-state index contributed by atoms with van der Waals surface area (Å²) in [6, 6.07) is 0.988. The van der Waals surface area contributed by atoms with Crippen LogP contribution in [0.25, 0.3) is 5.52 Å². The van der Waals surface area contributed by atoms with Crippen molar-refractivity contribution in [2.24, 2.45) is 5.92 Å². The Bertz CT molecular complexity index is 582. The van der Waals surface area contributed by atoms with Gasteiger partial charge in [-0.3, -0.25) is 0 Å². The first-order valence-corrected chi connectivity index (χ1v) is 6.66. The van der Waals surface area contributed by atoms with Crippen LogP contribution >= 0.6 is 11.6 Å². The van der Waals surface area contributed by atoms with Crippen molar-refractivity contribution in [2.75, 3.05) is 17.7 Å². The molecule has 1 atom stereocenters. The molecule has 0 amide bonds. The molecule has 0 aliphatic carbocycles. The third-order valence-electron chi connectivity index (χ3n) is 2.90. The van der Waals surface area contributed by atoms with Crippen LogP contribution in [-0.2, 0) is 6.18 Å². The number of aromatic nitrogens is 3. The molecule has 0 saturated carbocycles. The molecule has 2 heterocycles. The highest BCUT2D eigenvalue weighted by Gasteiger charge is 2.34. The smallest absolute Gasteiger partial charge is 0.368 e. The maximum Gasteiger partial charge on any atom is 0.435 e. The van der Waals surface area contributed by atoms with Crippen molar-refractivity contribution in [3.63, 3.8) is 0 Å². The van der Waals surface area contributed by atoms with Crippen molar-refractivity contribution in [1.82, 2.24) is 14.6 Å². The highest BCUT2D eigenvalue weighted by Crippen LogP contribution is 2.30. The van der Waals surface area contributed by atoms with Crippen molar-refractivity contribution in [1.29, 1.82) is 0 Å². The number of fused-ring (bicyclic) bond motifs is 1. The standard InChI is InChI=1S/C12H14ClF3N4/c1-8(2-3-13)7-18-11-9-6-10(12(14,15)16)19-20(9)5-4-17-11/h4-6,8H,2-3,7H2,1H3,(H,17,18). The number of alkyl halides is 4. The van der Waals surface area contributed by atoms with E-state index in [9.17, 15) is 13.2 Å². The average molecular weight is 307 g/mol. The monoisotopic (exact) mass is 306 g/mol. The highest BCUT2D eigenvalue weighted by molar-refractivity contribution is 6.17. The second kappa shape index (κ2) is 5.87. The summed E-state index contributed by atoms with van der Waals surface area (Å²) in [6.45, 7) is 2.60. The summed E-state index contributed by atoms with van der Waals surface area (Å²) in [5.74, 6) is 1.24. The lowest BCUT2D eigenvalue weighted by Gasteiger charge is -2.11. The van der Waals surface area contributed by atoms with Gasteiger partial charge < -0.3 is 5.32 Å². The summed E-state index contributed by atoms with van der Waals surface area (Å²) in [6.07, 6.45) is -0.841.